The normalized spacial score (nSPS) is 9.80. The van der Waals surface area contributed by atoms with E-state index in [1.807, 2.05) is 13.8 Å². The topological polar surface area (TPSA) is 65.8 Å². The maximum Gasteiger partial charge on any atom is 0.222 e. The Labute approximate surface area is 89.2 Å². The van der Waals surface area contributed by atoms with Gasteiger partial charge in [0.15, 0.2) is 0 Å². The number of nitrogens with zero attached hydrogens (tertiary/aromatic N) is 1. The van der Waals surface area contributed by atoms with E-state index in [0.717, 1.165) is 11.1 Å². The Bertz CT molecular complexity index is 399. The summed E-state index contributed by atoms with van der Waals surface area (Å²) in [7, 11) is 0. The van der Waals surface area contributed by atoms with Gasteiger partial charge in [0.2, 0.25) is 5.91 Å². The lowest BCUT2D eigenvalue weighted by Crippen LogP contribution is -2.09. The van der Waals surface area contributed by atoms with E-state index in [1.165, 1.54) is 6.92 Å². The van der Waals surface area contributed by atoms with E-state index in [1.54, 1.807) is 12.3 Å². The molecule has 0 saturated carbocycles. The van der Waals surface area contributed by atoms with Crippen LogP contribution in [0.25, 0.3) is 0 Å². The van der Waals surface area contributed by atoms with Crippen LogP contribution in [0, 0.1) is 12.3 Å². The second-order valence-electron chi connectivity index (χ2n) is 3.40. The van der Waals surface area contributed by atoms with Gasteiger partial charge in [0.1, 0.15) is 5.82 Å². The molecule has 1 heterocycles. The van der Waals surface area contributed by atoms with Gasteiger partial charge in [-0.1, -0.05) is 6.92 Å². The van der Waals surface area contributed by atoms with Crippen LogP contribution in [0.2, 0.25) is 0 Å². The minimum absolute atomic E-state index is 0.152. The number of aromatic nitrogens is 1. The number of hydrogen-bond acceptors (Lipinski definition) is 3. The average molecular weight is 205 g/mol. The molecule has 1 amide bonds. The number of hydrogen-bond donors (Lipinski definition) is 2. The predicted molar refractivity (Wildman–Crippen MR) is 60.4 cm³/mol. The molecule has 4 nitrogen and oxygen atoms in total. The van der Waals surface area contributed by atoms with Crippen LogP contribution in [0.5, 0.6) is 0 Å². The summed E-state index contributed by atoms with van der Waals surface area (Å²) in [5.41, 5.74) is 2.36. The van der Waals surface area contributed by atoms with E-state index in [-0.39, 0.29) is 5.91 Å². The Morgan fingerprint density at radius 3 is 2.80 bits per heavy atom. The lowest BCUT2D eigenvalue weighted by atomic mass is 10.0. The third-order valence-electron chi connectivity index (χ3n) is 2.09. The quantitative estimate of drug-likeness (QED) is 0.742. The van der Waals surface area contributed by atoms with Crippen molar-refractivity contribution in [1.82, 2.24) is 4.98 Å². The Hall–Kier alpha value is -1.71. The maximum absolute atomic E-state index is 10.8. The van der Waals surface area contributed by atoms with Gasteiger partial charge in [-0.25, -0.2) is 4.98 Å². The van der Waals surface area contributed by atoms with Gasteiger partial charge in [-0.2, -0.15) is 0 Å². The van der Waals surface area contributed by atoms with Gasteiger partial charge in [0, 0.05) is 24.4 Å². The zero-order valence-corrected chi connectivity index (χ0v) is 9.22. The van der Waals surface area contributed by atoms with Crippen molar-refractivity contribution in [3.63, 3.8) is 0 Å². The third-order valence-corrected chi connectivity index (χ3v) is 2.09. The Morgan fingerprint density at radius 2 is 2.27 bits per heavy atom. The standard InChI is InChI=1S/C11H15N3O/c1-4-10(12)9-5-11(14-8(3)15)13-6-7(9)2/h5-6,12H,4H2,1-3H3,(H,13,14,15). The third kappa shape index (κ3) is 2.87. The Kier molecular flexibility index (Phi) is 3.55. The van der Waals surface area contributed by atoms with E-state index in [0.29, 0.717) is 18.0 Å². The van der Waals surface area contributed by atoms with Crippen molar-refractivity contribution in [1.29, 1.82) is 5.41 Å². The van der Waals surface area contributed by atoms with Crippen LogP contribution in [0.4, 0.5) is 5.82 Å². The molecule has 1 aromatic rings. The second kappa shape index (κ2) is 4.68. The van der Waals surface area contributed by atoms with Crippen molar-refractivity contribution in [2.75, 3.05) is 5.32 Å². The van der Waals surface area contributed by atoms with E-state index >= 15 is 0 Å². The highest BCUT2D eigenvalue weighted by molar-refractivity contribution is 6.00. The largest absolute Gasteiger partial charge is 0.311 e. The molecule has 15 heavy (non-hydrogen) atoms. The number of nitrogens with one attached hydrogen (secondary N) is 2. The summed E-state index contributed by atoms with van der Waals surface area (Å²) in [5.74, 6) is 0.349. The molecule has 2 N–H and O–H groups in total. The molecule has 0 aliphatic heterocycles. The van der Waals surface area contributed by atoms with Gasteiger partial charge < -0.3 is 10.7 Å². The Balaban J connectivity index is 3.05. The van der Waals surface area contributed by atoms with Gasteiger partial charge in [0.25, 0.3) is 0 Å². The zero-order valence-electron chi connectivity index (χ0n) is 9.22. The van der Waals surface area contributed by atoms with Crippen molar-refractivity contribution in [2.45, 2.75) is 27.2 Å². The number of amides is 1. The first-order valence-electron chi connectivity index (χ1n) is 4.86. The van der Waals surface area contributed by atoms with Crippen LogP contribution < -0.4 is 5.32 Å². The van der Waals surface area contributed by atoms with E-state index < -0.39 is 0 Å². The minimum Gasteiger partial charge on any atom is -0.311 e. The molecule has 0 aromatic carbocycles. The molecule has 0 unspecified atom stereocenters. The molecular weight excluding hydrogens is 190 g/mol. The first-order valence-corrected chi connectivity index (χ1v) is 4.86. The monoisotopic (exact) mass is 205 g/mol. The smallest absolute Gasteiger partial charge is 0.222 e. The number of aryl methyl sites for hydroxylation is 1. The first kappa shape index (κ1) is 11.4. The van der Waals surface area contributed by atoms with Crippen molar-refractivity contribution < 1.29 is 4.79 Å². The number of carbonyl (C=O) groups excluding carboxylic acids is 1. The van der Waals surface area contributed by atoms with Gasteiger partial charge in [-0.3, -0.25) is 4.79 Å². The van der Waals surface area contributed by atoms with Crippen LogP contribution in [0.1, 0.15) is 31.4 Å². The molecule has 1 aromatic heterocycles. The summed E-state index contributed by atoms with van der Waals surface area (Å²) in [6.07, 6.45) is 2.34. The van der Waals surface area contributed by atoms with Crippen molar-refractivity contribution >= 4 is 17.4 Å². The summed E-state index contributed by atoms with van der Waals surface area (Å²) in [4.78, 5) is 14.9. The van der Waals surface area contributed by atoms with Gasteiger partial charge in [-0.15, -0.1) is 0 Å². The number of anilines is 1. The fourth-order valence-electron chi connectivity index (χ4n) is 1.29. The SMILES string of the molecule is CCC(=N)c1cc(NC(C)=O)ncc1C. The average Bonchev–Trinajstić information content (AvgIpc) is 2.19. The first-order chi connectivity index (χ1) is 7.04. The molecule has 0 atom stereocenters. The van der Waals surface area contributed by atoms with E-state index in [4.69, 9.17) is 5.41 Å². The molecule has 80 valence electrons. The molecule has 0 saturated heterocycles. The van der Waals surface area contributed by atoms with Crippen molar-refractivity contribution in [3.05, 3.63) is 23.4 Å². The van der Waals surface area contributed by atoms with Crippen LogP contribution >= 0.6 is 0 Å². The van der Waals surface area contributed by atoms with Crippen LogP contribution in [0.15, 0.2) is 12.3 Å². The van der Waals surface area contributed by atoms with E-state index in [9.17, 15) is 4.79 Å². The van der Waals surface area contributed by atoms with Gasteiger partial charge in [0.05, 0.1) is 0 Å². The van der Waals surface area contributed by atoms with E-state index in [2.05, 4.69) is 10.3 Å². The van der Waals surface area contributed by atoms with Crippen molar-refractivity contribution in [3.8, 4) is 0 Å². The molecule has 0 aliphatic carbocycles. The number of pyridine rings is 1. The summed E-state index contributed by atoms with van der Waals surface area (Å²) in [6, 6.07) is 1.74. The maximum atomic E-state index is 10.8. The predicted octanol–water partition coefficient (Wildman–Crippen LogP) is 2.13. The van der Waals surface area contributed by atoms with Crippen LogP contribution in [-0.2, 0) is 4.79 Å². The number of rotatable bonds is 3. The molecule has 0 aliphatic rings. The lowest BCUT2D eigenvalue weighted by molar-refractivity contribution is -0.114. The van der Waals surface area contributed by atoms with Crippen LogP contribution in [-0.4, -0.2) is 16.6 Å². The zero-order chi connectivity index (χ0) is 11.4. The summed E-state index contributed by atoms with van der Waals surface area (Å²) in [6.45, 7) is 5.27. The lowest BCUT2D eigenvalue weighted by Gasteiger charge is -2.08. The second-order valence-corrected chi connectivity index (χ2v) is 3.40. The molecule has 0 spiro atoms. The van der Waals surface area contributed by atoms with Crippen molar-refractivity contribution in [2.24, 2.45) is 0 Å². The fourth-order valence-corrected chi connectivity index (χ4v) is 1.29. The van der Waals surface area contributed by atoms with Crippen LogP contribution in [0.3, 0.4) is 0 Å². The fraction of sp³-hybridized carbons (Fsp3) is 0.364. The highest BCUT2D eigenvalue weighted by Crippen LogP contribution is 2.13. The highest BCUT2D eigenvalue weighted by atomic mass is 16.1. The highest BCUT2D eigenvalue weighted by Gasteiger charge is 2.06. The Morgan fingerprint density at radius 1 is 1.60 bits per heavy atom. The molecule has 0 fully saturated rings. The number of carbonyl (C=O) groups is 1. The summed E-state index contributed by atoms with van der Waals surface area (Å²) >= 11 is 0. The van der Waals surface area contributed by atoms with Gasteiger partial charge in [-0.05, 0) is 25.0 Å². The minimum atomic E-state index is -0.152. The molecule has 1 rings (SSSR count). The summed E-state index contributed by atoms with van der Waals surface area (Å²) in [5, 5.41) is 10.4. The summed E-state index contributed by atoms with van der Waals surface area (Å²) < 4.78 is 0. The molecular formula is C11H15N3O. The molecule has 0 bridgehead atoms. The molecule has 4 heteroatoms. The molecule has 0 radical (unpaired) electrons. The van der Waals surface area contributed by atoms with Gasteiger partial charge >= 0.3 is 0 Å².